The number of carboxylic acid groups (broad SMARTS) is 1. The maximum atomic E-state index is 12.1. The SMILES string of the molecule is CC(=O)N(C1CC1)C1(C(=O)O)CCCc2ccccc21. The van der Waals surface area contributed by atoms with Gasteiger partial charge in [0.15, 0.2) is 5.54 Å². The van der Waals surface area contributed by atoms with Crippen LogP contribution in [0.25, 0.3) is 0 Å². The van der Waals surface area contributed by atoms with E-state index in [1.54, 1.807) is 4.90 Å². The first-order valence-electron chi connectivity index (χ1n) is 7.19. The molecule has 1 aromatic carbocycles. The van der Waals surface area contributed by atoms with Crippen molar-refractivity contribution in [2.45, 2.75) is 50.6 Å². The Morgan fingerprint density at radius 1 is 1.30 bits per heavy atom. The second-order valence-electron chi connectivity index (χ2n) is 5.80. The van der Waals surface area contributed by atoms with Crippen LogP contribution in [0.15, 0.2) is 24.3 Å². The van der Waals surface area contributed by atoms with Crippen LogP contribution in [0.3, 0.4) is 0 Å². The molecule has 3 rings (SSSR count). The van der Waals surface area contributed by atoms with E-state index in [1.807, 2.05) is 24.3 Å². The number of carbonyl (C=O) groups excluding carboxylic acids is 1. The van der Waals surface area contributed by atoms with Crippen LogP contribution in [0.5, 0.6) is 0 Å². The van der Waals surface area contributed by atoms with E-state index in [0.717, 1.165) is 36.8 Å². The van der Waals surface area contributed by atoms with Gasteiger partial charge in [0.05, 0.1) is 0 Å². The van der Waals surface area contributed by atoms with E-state index < -0.39 is 11.5 Å². The van der Waals surface area contributed by atoms with Gasteiger partial charge < -0.3 is 10.0 Å². The first-order chi connectivity index (χ1) is 9.57. The number of hydrogen-bond donors (Lipinski definition) is 1. The Hall–Kier alpha value is -1.84. The average Bonchev–Trinajstić information content (AvgIpc) is 3.23. The number of amides is 1. The number of nitrogens with zero attached hydrogens (tertiary/aromatic N) is 1. The fraction of sp³-hybridized carbons (Fsp3) is 0.500. The Kier molecular flexibility index (Phi) is 3.04. The summed E-state index contributed by atoms with van der Waals surface area (Å²) in [6.07, 6.45) is 4.03. The molecule has 4 heteroatoms. The van der Waals surface area contributed by atoms with E-state index >= 15 is 0 Å². The van der Waals surface area contributed by atoms with Crippen LogP contribution in [0.2, 0.25) is 0 Å². The van der Waals surface area contributed by atoms with Crippen molar-refractivity contribution in [3.05, 3.63) is 35.4 Å². The van der Waals surface area contributed by atoms with E-state index in [1.165, 1.54) is 6.92 Å². The normalized spacial score (nSPS) is 24.9. The maximum Gasteiger partial charge on any atom is 0.334 e. The molecule has 0 bridgehead atoms. The van der Waals surface area contributed by atoms with Crippen molar-refractivity contribution in [1.29, 1.82) is 0 Å². The predicted octanol–water partition coefficient (Wildman–Crippen LogP) is 2.31. The molecule has 2 aliphatic carbocycles. The van der Waals surface area contributed by atoms with Crippen LogP contribution < -0.4 is 0 Å². The van der Waals surface area contributed by atoms with Gasteiger partial charge >= 0.3 is 5.97 Å². The summed E-state index contributed by atoms with van der Waals surface area (Å²) in [6, 6.07) is 7.76. The van der Waals surface area contributed by atoms with Gasteiger partial charge in [-0.2, -0.15) is 0 Å². The minimum Gasteiger partial charge on any atom is -0.479 e. The molecule has 1 saturated carbocycles. The third kappa shape index (κ3) is 1.82. The number of benzene rings is 1. The van der Waals surface area contributed by atoms with Crippen molar-refractivity contribution in [2.75, 3.05) is 0 Å². The van der Waals surface area contributed by atoms with Crippen LogP contribution in [-0.4, -0.2) is 27.9 Å². The number of carboxylic acids is 1. The average molecular weight is 273 g/mol. The Labute approximate surface area is 118 Å². The molecular formula is C16H19NO3. The number of aryl methyl sites for hydroxylation is 1. The highest BCUT2D eigenvalue weighted by atomic mass is 16.4. The number of carbonyl (C=O) groups is 2. The van der Waals surface area contributed by atoms with Gasteiger partial charge in [-0.25, -0.2) is 4.79 Å². The third-order valence-electron chi connectivity index (χ3n) is 4.46. The van der Waals surface area contributed by atoms with Gasteiger partial charge in [-0.1, -0.05) is 24.3 Å². The lowest BCUT2D eigenvalue weighted by Gasteiger charge is -2.44. The summed E-state index contributed by atoms with van der Waals surface area (Å²) in [6.45, 7) is 1.49. The summed E-state index contributed by atoms with van der Waals surface area (Å²) in [5, 5.41) is 9.94. The van der Waals surface area contributed by atoms with Gasteiger partial charge in [0.25, 0.3) is 0 Å². The van der Waals surface area contributed by atoms with Gasteiger partial charge in [0, 0.05) is 13.0 Å². The van der Waals surface area contributed by atoms with Gasteiger partial charge in [-0.15, -0.1) is 0 Å². The quantitative estimate of drug-likeness (QED) is 0.919. The molecule has 4 nitrogen and oxygen atoms in total. The summed E-state index contributed by atoms with van der Waals surface area (Å²) in [7, 11) is 0. The first-order valence-corrected chi connectivity index (χ1v) is 7.19. The molecule has 1 unspecified atom stereocenters. The Morgan fingerprint density at radius 3 is 2.60 bits per heavy atom. The molecule has 2 aliphatic rings. The lowest BCUT2D eigenvalue weighted by Crippen LogP contribution is -2.56. The van der Waals surface area contributed by atoms with Crippen LogP contribution in [0, 0.1) is 0 Å². The summed E-state index contributed by atoms with van der Waals surface area (Å²) in [4.78, 5) is 25.9. The molecule has 1 fully saturated rings. The monoisotopic (exact) mass is 273 g/mol. The highest BCUT2D eigenvalue weighted by Crippen LogP contribution is 2.45. The largest absolute Gasteiger partial charge is 0.479 e. The van der Waals surface area contributed by atoms with Gasteiger partial charge in [0.2, 0.25) is 5.91 Å². The summed E-state index contributed by atoms with van der Waals surface area (Å²) in [5.74, 6) is -1.03. The zero-order valence-electron chi connectivity index (χ0n) is 11.6. The van der Waals surface area contributed by atoms with Crippen molar-refractivity contribution in [3.8, 4) is 0 Å². The van der Waals surface area contributed by atoms with Crippen LogP contribution in [0.1, 0.15) is 43.7 Å². The predicted molar refractivity (Wildman–Crippen MR) is 74.2 cm³/mol. The number of rotatable bonds is 3. The van der Waals surface area contributed by atoms with Crippen molar-refractivity contribution < 1.29 is 14.7 Å². The molecule has 0 radical (unpaired) electrons. The van der Waals surface area contributed by atoms with Crippen LogP contribution >= 0.6 is 0 Å². The molecular weight excluding hydrogens is 254 g/mol. The molecule has 1 N–H and O–H groups in total. The molecule has 0 aliphatic heterocycles. The molecule has 1 aromatic rings. The van der Waals surface area contributed by atoms with Gasteiger partial charge in [-0.05, 0) is 43.2 Å². The van der Waals surface area contributed by atoms with Gasteiger partial charge in [0.1, 0.15) is 0 Å². The topological polar surface area (TPSA) is 57.6 Å². The lowest BCUT2D eigenvalue weighted by molar-refractivity contribution is -0.161. The Balaban J connectivity index is 2.18. The second-order valence-corrected chi connectivity index (χ2v) is 5.80. The molecule has 1 amide bonds. The van der Waals surface area contributed by atoms with E-state index in [9.17, 15) is 14.7 Å². The van der Waals surface area contributed by atoms with E-state index in [4.69, 9.17) is 0 Å². The minimum absolute atomic E-state index is 0.0924. The van der Waals surface area contributed by atoms with Crippen molar-refractivity contribution in [1.82, 2.24) is 4.90 Å². The fourth-order valence-corrected chi connectivity index (χ4v) is 3.56. The smallest absolute Gasteiger partial charge is 0.334 e. The first kappa shape index (κ1) is 13.2. The number of aliphatic carboxylic acids is 1. The van der Waals surface area contributed by atoms with Gasteiger partial charge in [-0.3, -0.25) is 4.79 Å². The molecule has 0 heterocycles. The molecule has 1 atom stereocenters. The maximum absolute atomic E-state index is 12.1. The van der Waals surface area contributed by atoms with E-state index in [2.05, 4.69) is 0 Å². The summed E-state index contributed by atoms with van der Waals surface area (Å²) in [5.41, 5.74) is 0.705. The van der Waals surface area contributed by atoms with Crippen LogP contribution in [-0.2, 0) is 21.5 Å². The Bertz CT molecular complexity index is 565. The minimum atomic E-state index is -1.16. The van der Waals surface area contributed by atoms with Crippen molar-refractivity contribution in [3.63, 3.8) is 0 Å². The molecule has 0 saturated heterocycles. The van der Waals surface area contributed by atoms with Crippen molar-refractivity contribution >= 4 is 11.9 Å². The summed E-state index contributed by atoms with van der Waals surface area (Å²) < 4.78 is 0. The fourth-order valence-electron chi connectivity index (χ4n) is 3.56. The lowest BCUT2D eigenvalue weighted by atomic mass is 9.75. The van der Waals surface area contributed by atoms with E-state index in [-0.39, 0.29) is 11.9 Å². The molecule has 106 valence electrons. The second kappa shape index (κ2) is 4.62. The number of hydrogen-bond acceptors (Lipinski definition) is 2. The standard InChI is InChI=1S/C16H19NO3/c1-11(18)17(13-8-9-13)16(15(19)20)10-4-6-12-5-2-3-7-14(12)16/h2-3,5,7,13H,4,6,8-10H2,1H3,(H,19,20). The summed E-state index contributed by atoms with van der Waals surface area (Å²) >= 11 is 0. The van der Waals surface area contributed by atoms with Crippen LogP contribution in [0.4, 0.5) is 0 Å². The van der Waals surface area contributed by atoms with E-state index in [0.29, 0.717) is 6.42 Å². The number of fused-ring (bicyclic) bond motifs is 1. The highest BCUT2D eigenvalue weighted by molar-refractivity contribution is 5.88. The Morgan fingerprint density at radius 2 is 2.00 bits per heavy atom. The molecule has 20 heavy (non-hydrogen) atoms. The highest BCUT2D eigenvalue weighted by Gasteiger charge is 2.53. The zero-order chi connectivity index (χ0) is 14.3. The zero-order valence-corrected chi connectivity index (χ0v) is 11.6. The molecule has 0 aromatic heterocycles. The van der Waals surface area contributed by atoms with Crippen molar-refractivity contribution in [2.24, 2.45) is 0 Å². The third-order valence-corrected chi connectivity index (χ3v) is 4.46. The molecule has 0 spiro atoms.